The lowest BCUT2D eigenvalue weighted by Crippen LogP contribution is -2.56. The molecule has 144 valence electrons. The van der Waals surface area contributed by atoms with E-state index in [1.165, 1.54) is 15.7 Å². The maximum absolute atomic E-state index is 12.3. The highest BCUT2D eigenvalue weighted by molar-refractivity contribution is 5.68. The lowest BCUT2D eigenvalue weighted by molar-refractivity contribution is -0.0556. The number of H-pyrrole nitrogens is 1. The van der Waals surface area contributed by atoms with Crippen molar-refractivity contribution in [3.8, 4) is 0 Å². The van der Waals surface area contributed by atoms with Gasteiger partial charge in [-0.2, -0.15) is 0 Å². The van der Waals surface area contributed by atoms with Gasteiger partial charge in [0.05, 0.1) is 12.6 Å². The fourth-order valence-corrected chi connectivity index (χ4v) is 3.38. The Morgan fingerprint density at radius 2 is 2.04 bits per heavy atom. The van der Waals surface area contributed by atoms with E-state index in [4.69, 9.17) is 4.74 Å². The molecule has 1 aliphatic rings. The molecule has 1 aromatic heterocycles. The molecule has 0 spiro atoms. The van der Waals surface area contributed by atoms with Crippen LogP contribution in [-0.2, 0) is 11.3 Å². The molecule has 1 saturated heterocycles. The first-order valence-corrected chi connectivity index (χ1v) is 8.78. The second-order valence-electron chi connectivity index (χ2n) is 7.10. The van der Waals surface area contributed by atoms with Crippen molar-refractivity contribution in [3.05, 3.63) is 68.5 Å². The van der Waals surface area contributed by atoms with Crippen LogP contribution in [0.2, 0.25) is 0 Å². The zero-order valence-electron chi connectivity index (χ0n) is 15.3. The van der Waals surface area contributed by atoms with E-state index in [-0.39, 0.29) is 13.2 Å². The van der Waals surface area contributed by atoms with Gasteiger partial charge in [-0.15, -0.1) is 0 Å². The summed E-state index contributed by atoms with van der Waals surface area (Å²) in [6.45, 7) is 3.68. The number of nitrogens with one attached hydrogen (secondary N) is 1. The van der Waals surface area contributed by atoms with Gasteiger partial charge >= 0.3 is 11.8 Å². The number of nitrogens with zero attached hydrogens (tertiary/aromatic N) is 2. The Morgan fingerprint density at radius 1 is 1.33 bits per heavy atom. The number of hydrogen-bond acceptors (Lipinski definition) is 5. The number of aromatic nitrogens is 2. The minimum Gasteiger partial charge on any atom is -0.445 e. The molecule has 0 bridgehead atoms. The molecule has 1 fully saturated rings. The highest BCUT2D eigenvalue weighted by Gasteiger charge is 2.41. The van der Waals surface area contributed by atoms with E-state index in [0.29, 0.717) is 18.5 Å². The quantitative estimate of drug-likeness (QED) is 0.841. The summed E-state index contributed by atoms with van der Waals surface area (Å²) in [4.78, 5) is 39.7. The van der Waals surface area contributed by atoms with Crippen molar-refractivity contribution < 1.29 is 14.6 Å². The number of aryl methyl sites for hydroxylation is 1. The summed E-state index contributed by atoms with van der Waals surface area (Å²) >= 11 is 0. The largest absolute Gasteiger partial charge is 0.445 e. The van der Waals surface area contributed by atoms with Crippen molar-refractivity contribution in [1.82, 2.24) is 14.5 Å². The van der Waals surface area contributed by atoms with E-state index >= 15 is 0 Å². The number of carbonyl (C=O) groups is 1. The molecule has 2 aromatic rings. The van der Waals surface area contributed by atoms with Crippen LogP contribution in [0.5, 0.6) is 0 Å². The van der Waals surface area contributed by atoms with Gasteiger partial charge in [-0.1, -0.05) is 30.3 Å². The number of β-amino-alcohol motifs (C(OH)–C–C–N with tert-alkyl or cyclic N) is 1. The van der Waals surface area contributed by atoms with E-state index in [1.807, 2.05) is 30.3 Å². The summed E-state index contributed by atoms with van der Waals surface area (Å²) in [6, 6.07) is 8.78. The maximum Gasteiger partial charge on any atom is 0.410 e. The highest BCUT2D eigenvalue weighted by atomic mass is 16.6. The SMILES string of the molecule is Cc1cn([C@@H]2CCN(C(=O)OCc3ccccc3)C[C@@]2(C)O)c(=O)[nH]c1=O. The number of amides is 1. The third-order valence-corrected chi connectivity index (χ3v) is 4.85. The molecule has 2 heterocycles. The molecule has 0 aliphatic carbocycles. The van der Waals surface area contributed by atoms with Crippen LogP contribution >= 0.6 is 0 Å². The first-order valence-electron chi connectivity index (χ1n) is 8.78. The Kier molecular flexibility index (Phi) is 5.18. The summed E-state index contributed by atoms with van der Waals surface area (Å²) in [6.07, 6.45) is 1.30. The Hall–Kier alpha value is -2.87. The normalized spacial score (nSPS) is 22.5. The molecule has 8 nitrogen and oxygen atoms in total. The number of rotatable bonds is 3. The zero-order chi connectivity index (χ0) is 19.6. The number of likely N-dealkylation sites (tertiary alicyclic amines) is 1. The van der Waals surface area contributed by atoms with Crippen LogP contribution in [0.3, 0.4) is 0 Å². The van der Waals surface area contributed by atoms with E-state index in [9.17, 15) is 19.5 Å². The van der Waals surface area contributed by atoms with Gasteiger partial charge in [-0.3, -0.25) is 14.3 Å². The summed E-state index contributed by atoms with van der Waals surface area (Å²) in [5.41, 5.74) is -1.11. The third-order valence-electron chi connectivity index (χ3n) is 4.85. The number of aliphatic hydroxyl groups is 1. The predicted octanol–water partition coefficient (Wildman–Crippen LogP) is 1.18. The van der Waals surface area contributed by atoms with Gasteiger partial charge in [0.15, 0.2) is 0 Å². The third kappa shape index (κ3) is 4.11. The van der Waals surface area contributed by atoms with Crippen LogP contribution in [0.4, 0.5) is 4.79 Å². The minimum absolute atomic E-state index is 0.0237. The fraction of sp³-hybridized carbons (Fsp3) is 0.421. The number of piperidine rings is 1. The zero-order valence-corrected chi connectivity index (χ0v) is 15.3. The Balaban J connectivity index is 1.70. The van der Waals surface area contributed by atoms with Crippen molar-refractivity contribution in [3.63, 3.8) is 0 Å². The molecule has 8 heteroatoms. The molecule has 1 amide bonds. The van der Waals surface area contributed by atoms with Gasteiger partial charge in [-0.25, -0.2) is 9.59 Å². The summed E-state index contributed by atoms with van der Waals surface area (Å²) in [5.74, 6) is 0. The van der Waals surface area contributed by atoms with E-state index in [2.05, 4.69) is 4.98 Å². The average molecular weight is 373 g/mol. The van der Waals surface area contributed by atoms with E-state index < -0.39 is 29.0 Å². The van der Waals surface area contributed by atoms with Crippen LogP contribution < -0.4 is 11.2 Å². The van der Waals surface area contributed by atoms with Crippen molar-refractivity contribution in [2.24, 2.45) is 0 Å². The molecule has 3 rings (SSSR count). The second kappa shape index (κ2) is 7.40. The Labute approximate surface area is 156 Å². The molecule has 0 saturated carbocycles. The molecule has 0 unspecified atom stereocenters. The average Bonchev–Trinajstić information content (AvgIpc) is 2.63. The van der Waals surface area contributed by atoms with Crippen LogP contribution in [0.25, 0.3) is 0 Å². The highest BCUT2D eigenvalue weighted by Crippen LogP contribution is 2.31. The molecule has 1 aromatic carbocycles. The molecule has 2 N–H and O–H groups in total. The molecule has 1 aliphatic heterocycles. The number of ether oxygens (including phenoxy) is 1. The monoisotopic (exact) mass is 373 g/mol. The summed E-state index contributed by atoms with van der Waals surface area (Å²) < 4.78 is 6.66. The smallest absolute Gasteiger partial charge is 0.410 e. The molecule has 2 atom stereocenters. The first kappa shape index (κ1) is 18.9. The Morgan fingerprint density at radius 3 is 2.70 bits per heavy atom. The van der Waals surface area contributed by atoms with Gasteiger partial charge in [0.25, 0.3) is 5.56 Å². The number of benzene rings is 1. The lowest BCUT2D eigenvalue weighted by Gasteiger charge is -2.42. The standard InChI is InChI=1S/C19H23N3O5/c1-13-10-22(17(24)20-16(13)23)15-8-9-21(12-19(15,2)26)18(25)27-11-14-6-4-3-5-7-14/h3-7,10,15,26H,8-9,11-12H2,1-2H3,(H,20,23,24)/t15-,19-/m1/s1. The number of aromatic amines is 1. The van der Waals surface area contributed by atoms with Gasteiger partial charge in [-0.05, 0) is 25.8 Å². The number of hydrogen-bond donors (Lipinski definition) is 2. The van der Waals surface area contributed by atoms with Crippen molar-refractivity contribution >= 4 is 6.09 Å². The van der Waals surface area contributed by atoms with Crippen LogP contribution in [0, 0.1) is 6.92 Å². The van der Waals surface area contributed by atoms with Crippen LogP contribution in [-0.4, -0.2) is 44.3 Å². The Bertz CT molecular complexity index is 932. The summed E-state index contributed by atoms with van der Waals surface area (Å²) in [5, 5.41) is 10.9. The molecular formula is C19H23N3O5. The second-order valence-corrected chi connectivity index (χ2v) is 7.10. The first-order chi connectivity index (χ1) is 12.8. The van der Waals surface area contributed by atoms with Gasteiger partial charge < -0.3 is 14.7 Å². The minimum atomic E-state index is -1.35. The fourth-order valence-electron chi connectivity index (χ4n) is 3.38. The van der Waals surface area contributed by atoms with Gasteiger partial charge in [0, 0.05) is 18.3 Å². The van der Waals surface area contributed by atoms with E-state index in [0.717, 1.165) is 5.56 Å². The van der Waals surface area contributed by atoms with Crippen molar-refractivity contribution in [2.45, 2.75) is 38.5 Å². The van der Waals surface area contributed by atoms with Gasteiger partial charge in [0.2, 0.25) is 0 Å². The topological polar surface area (TPSA) is 105 Å². The van der Waals surface area contributed by atoms with Crippen LogP contribution in [0.1, 0.15) is 30.5 Å². The van der Waals surface area contributed by atoms with Crippen LogP contribution in [0.15, 0.2) is 46.1 Å². The predicted molar refractivity (Wildman–Crippen MR) is 98.5 cm³/mol. The lowest BCUT2D eigenvalue weighted by atomic mass is 9.89. The molecule has 27 heavy (non-hydrogen) atoms. The van der Waals surface area contributed by atoms with Gasteiger partial charge in [0.1, 0.15) is 12.2 Å². The van der Waals surface area contributed by atoms with E-state index in [1.54, 1.807) is 13.8 Å². The van der Waals surface area contributed by atoms with Crippen molar-refractivity contribution in [2.75, 3.05) is 13.1 Å². The molecule has 0 radical (unpaired) electrons. The summed E-state index contributed by atoms with van der Waals surface area (Å²) in [7, 11) is 0. The molecular weight excluding hydrogens is 350 g/mol. The van der Waals surface area contributed by atoms with Crippen molar-refractivity contribution in [1.29, 1.82) is 0 Å². The number of carbonyl (C=O) groups excluding carboxylic acids is 1. The maximum atomic E-state index is 12.3.